The third-order valence-electron chi connectivity index (χ3n) is 4.03. The molecule has 1 N–H and O–H groups in total. The van der Waals surface area contributed by atoms with Gasteiger partial charge in [0.15, 0.2) is 0 Å². The van der Waals surface area contributed by atoms with Crippen LogP contribution in [0.4, 0.5) is 0 Å². The van der Waals surface area contributed by atoms with Gasteiger partial charge in [0.25, 0.3) is 0 Å². The number of amides is 1. The van der Waals surface area contributed by atoms with E-state index >= 15 is 0 Å². The van der Waals surface area contributed by atoms with Gasteiger partial charge >= 0.3 is 5.97 Å². The molecule has 1 fully saturated rings. The number of rotatable bonds is 5. The minimum Gasteiger partial charge on any atom is -0.478 e. The zero-order chi connectivity index (χ0) is 16.4. The lowest BCUT2D eigenvalue weighted by Gasteiger charge is -2.16. The molecule has 120 valence electrons. The molecular weight excluding hydrogens is 294 g/mol. The lowest BCUT2D eigenvalue weighted by molar-refractivity contribution is -0.128. The molecule has 0 unspecified atom stereocenters. The van der Waals surface area contributed by atoms with Crippen molar-refractivity contribution in [2.45, 2.75) is 26.4 Å². The molecule has 1 amide bonds. The third kappa shape index (κ3) is 3.59. The van der Waals surface area contributed by atoms with Crippen molar-refractivity contribution in [3.05, 3.63) is 53.3 Å². The van der Waals surface area contributed by atoms with Crippen molar-refractivity contribution in [3.8, 4) is 0 Å². The maximum Gasteiger partial charge on any atom is 0.338 e. The Hall–Kier alpha value is -2.63. The fourth-order valence-electron chi connectivity index (χ4n) is 2.84. The number of carbonyl (C=O) groups excluding carboxylic acids is 1. The maximum absolute atomic E-state index is 11.8. The SMILES string of the molecule is C[C@H]1CC(=O)N(Cc2ccc(Cn3cc(C(=O)O)cn3)cc2)C1. The second kappa shape index (κ2) is 6.24. The fourth-order valence-corrected chi connectivity index (χ4v) is 2.84. The van der Waals surface area contributed by atoms with Crippen LogP contribution in [0.15, 0.2) is 36.7 Å². The third-order valence-corrected chi connectivity index (χ3v) is 4.03. The van der Waals surface area contributed by atoms with Crippen molar-refractivity contribution >= 4 is 11.9 Å². The van der Waals surface area contributed by atoms with Gasteiger partial charge in [-0.15, -0.1) is 0 Å². The number of benzene rings is 1. The highest BCUT2D eigenvalue weighted by Gasteiger charge is 2.26. The van der Waals surface area contributed by atoms with Crippen LogP contribution in [-0.2, 0) is 17.9 Å². The van der Waals surface area contributed by atoms with Gasteiger partial charge < -0.3 is 10.0 Å². The van der Waals surface area contributed by atoms with Gasteiger partial charge in [-0.3, -0.25) is 9.48 Å². The van der Waals surface area contributed by atoms with Crippen LogP contribution in [-0.4, -0.2) is 38.2 Å². The molecule has 1 saturated heterocycles. The molecule has 23 heavy (non-hydrogen) atoms. The zero-order valence-electron chi connectivity index (χ0n) is 13.0. The fraction of sp³-hybridized carbons (Fsp3) is 0.353. The number of likely N-dealkylation sites (tertiary alicyclic amines) is 1. The predicted molar refractivity (Wildman–Crippen MR) is 83.9 cm³/mol. The van der Waals surface area contributed by atoms with E-state index in [2.05, 4.69) is 12.0 Å². The molecule has 2 aromatic rings. The minimum atomic E-state index is -0.976. The van der Waals surface area contributed by atoms with Crippen molar-refractivity contribution in [2.75, 3.05) is 6.54 Å². The van der Waals surface area contributed by atoms with Gasteiger partial charge in [0, 0.05) is 25.7 Å². The first-order valence-corrected chi connectivity index (χ1v) is 7.62. The molecule has 1 aromatic heterocycles. The highest BCUT2D eigenvalue weighted by atomic mass is 16.4. The molecule has 1 aliphatic heterocycles. The van der Waals surface area contributed by atoms with Crippen LogP contribution >= 0.6 is 0 Å². The van der Waals surface area contributed by atoms with E-state index in [1.807, 2.05) is 29.2 Å². The Morgan fingerprint density at radius 2 is 1.91 bits per heavy atom. The second-order valence-corrected chi connectivity index (χ2v) is 6.13. The summed E-state index contributed by atoms with van der Waals surface area (Å²) in [5, 5.41) is 12.9. The van der Waals surface area contributed by atoms with Crippen LogP contribution in [0.3, 0.4) is 0 Å². The lowest BCUT2D eigenvalue weighted by atomic mass is 10.1. The van der Waals surface area contributed by atoms with E-state index in [-0.39, 0.29) is 11.5 Å². The maximum atomic E-state index is 11.8. The van der Waals surface area contributed by atoms with E-state index in [9.17, 15) is 9.59 Å². The number of carbonyl (C=O) groups is 2. The first kappa shape index (κ1) is 15.3. The monoisotopic (exact) mass is 313 g/mol. The molecule has 0 aliphatic carbocycles. The molecule has 1 atom stereocenters. The van der Waals surface area contributed by atoms with E-state index in [0.29, 0.717) is 25.4 Å². The summed E-state index contributed by atoms with van der Waals surface area (Å²) in [6, 6.07) is 7.99. The van der Waals surface area contributed by atoms with E-state index in [0.717, 1.165) is 17.7 Å². The lowest BCUT2D eigenvalue weighted by Crippen LogP contribution is -2.24. The number of nitrogens with zero attached hydrogens (tertiary/aromatic N) is 3. The van der Waals surface area contributed by atoms with Crippen molar-refractivity contribution < 1.29 is 14.7 Å². The van der Waals surface area contributed by atoms with Crippen LogP contribution in [0.25, 0.3) is 0 Å². The van der Waals surface area contributed by atoms with Crippen molar-refractivity contribution in [1.82, 2.24) is 14.7 Å². The average molecular weight is 313 g/mol. The Morgan fingerprint density at radius 3 is 2.43 bits per heavy atom. The largest absolute Gasteiger partial charge is 0.478 e. The summed E-state index contributed by atoms with van der Waals surface area (Å²) in [7, 11) is 0. The second-order valence-electron chi connectivity index (χ2n) is 6.13. The first-order chi connectivity index (χ1) is 11.0. The minimum absolute atomic E-state index is 0.184. The van der Waals surface area contributed by atoms with Gasteiger partial charge in [-0.2, -0.15) is 5.10 Å². The van der Waals surface area contributed by atoms with Crippen LogP contribution < -0.4 is 0 Å². The Bertz CT molecular complexity index is 721. The van der Waals surface area contributed by atoms with E-state index in [1.165, 1.54) is 12.4 Å². The van der Waals surface area contributed by atoms with Gasteiger partial charge in [-0.05, 0) is 17.0 Å². The molecular formula is C17H19N3O3. The zero-order valence-corrected chi connectivity index (χ0v) is 13.0. The van der Waals surface area contributed by atoms with Gasteiger partial charge in [-0.25, -0.2) is 4.79 Å². The number of hydrogen-bond acceptors (Lipinski definition) is 3. The quantitative estimate of drug-likeness (QED) is 0.916. The summed E-state index contributed by atoms with van der Waals surface area (Å²) < 4.78 is 1.60. The van der Waals surface area contributed by atoms with Crippen LogP contribution in [0.5, 0.6) is 0 Å². The molecule has 0 spiro atoms. The molecule has 1 aromatic carbocycles. The predicted octanol–water partition coefficient (Wildman–Crippen LogP) is 2.00. The van der Waals surface area contributed by atoms with E-state index in [1.54, 1.807) is 4.68 Å². The summed E-state index contributed by atoms with van der Waals surface area (Å²) in [4.78, 5) is 24.6. The van der Waals surface area contributed by atoms with Crippen molar-refractivity contribution in [1.29, 1.82) is 0 Å². The van der Waals surface area contributed by atoms with E-state index < -0.39 is 5.97 Å². The Kier molecular flexibility index (Phi) is 4.14. The Morgan fingerprint density at radius 1 is 1.26 bits per heavy atom. The van der Waals surface area contributed by atoms with E-state index in [4.69, 9.17) is 5.11 Å². The summed E-state index contributed by atoms with van der Waals surface area (Å²) in [5.41, 5.74) is 2.32. The Balaban J connectivity index is 1.62. The summed E-state index contributed by atoms with van der Waals surface area (Å²) >= 11 is 0. The highest BCUT2D eigenvalue weighted by Crippen LogP contribution is 2.19. The topological polar surface area (TPSA) is 75.4 Å². The summed E-state index contributed by atoms with van der Waals surface area (Å²) in [5.74, 6) is -0.319. The number of carboxylic acids is 1. The normalized spacial score (nSPS) is 17.7. The van der Waals surface area contributed by atoms with Crippen molar-refractivity contribution in [3.63, 3.8) is 0 Å². The van der Waals surface area contributed by atoms with Crippen molar-refractivity contribution in [2.24, 2.45) is 5.92 Å². The van der Waals surface area contributed by atoms with Gasteiger partial charge in [0.05, 0.1) is 18.3 Å². The van der Waals surface area contributed by atoms with Crippen LogP contribution in [0, 0.1) is 5.92 Å². The Labute approximate surface area is 134 Å². The molecule has 0 saturated carbocycles. The summed E-state index contributed by atoms with van der Waals surface area (Å²) in [6.45, 7) is 4.09. The number of aromatic carboxylic acids is 1. The molecule has 6 heteroatoms. The number of carboxylic acid groups (broad SMARTS) is 1. The molecule has 1 aliphatic rings. The van der Waals surface area contributed by atoms with Gasteiger partial charge in [-0.1, -0.05) is 31.2 Å². The first-order valence-electron chi connectivity index (χ1n) is 7.62. The molecule has 3 rings (SSSR count). The smallest absolute Gasteiger partial charge is 0.338 e. The number of aromatic nitrogens is 2. The molecule has 0 bridgehead atoms. The van der Waals surface area contributed by atoms with Gasteiger partial charge in [0.1, 0.15) is 0 Å². The molecule has 2 heterocycles. The summed E-state index contributed by atoms with van der Waals surface area (Å²) in [6.07, 6.45) is 3.50. The van der Waals surface area contributed by atoms with Crippen LogP contribution in [0.1, 0.15) is 34.8 Å². The molecule has 6 nitrogen and oxygen atoms in total. The highest BCUT2D eigenvalue weighted by molar-refractivity contribution is 5.86. The van der Waals surface area contributed by atoms with Crippen LogP contribution in [0.2, 0.25) is 0 Å². The average Bonchev–Trinajstić information content (AvgIpc) is 3.08. The number of hydrogen-bond donors (Lipinski definition) is 1. The molecule has 0 radical (unpaired) electrons. The standard InChI is InChI=1S/C17H19N3O3/c1-12-6-16(21)19(8-12)9-13-2-4-14(5-3-13)10-20-11-15(7-18-20)17(22)23/h2-5,7,11-12H,6,8-10H2,1H3,(H,22,23)/t12-/m0/s1. The van der Waals surface area contributed by atoms with Gasteiger partial charge in [0.2, 0.25) is 5.91 Å².